The Labute approximate surface area is 102 Å². The average molecular weight is 254 g/mol. The highest BCUT2D eigenvalue weighted by Gasteiger charge is 2.08. The average Bonchev–Trinajstić information content (AvgIpc) is 2.79. The fourth-order valence-corrected chi connectivity index (χ4v) is 2.28. The number of hydrogen-bond acceptors (Lipinski definition) is 3. The van der Waals surface area contributed by atoms with E-state index in [1.165, 1.54) is 23.5 Å². The Kier molecular flexibility index (Phi) is 3.81. The summed E-state index contributed by atoms with van der Waals surface area (Å²) in [6.45, 7) is 3.66. The lowest BCUT2D eigenvalue weighted by Crippen LogP contribution is -2.10. The second-order valence-corrected chi connectivity index (χ2v) is 4.66. The van der Waals surface area contributed by atoms with E-state index in [1.807, 2.05) is 6.92 Å². The molecule has 0 radical (unpaired) electrons. The molecule has 0 spiro atoms. The highest BCUT2D eigenvalue weighted by molar-refractivity contribution is 7.15. The van der Waals surface area contributed by atoms with Crippen molar-refractivity contribution in [3.63, 3.8) is 0 Å². The first kappa shape index (κ1) is 12.1. The number of hydrogen-bond donors (Lipinski definition) is 1. The molecule has 1 N–H and O–H groups in total. The van der Waals surface area contributed by atoms with Gasteiger partial charge in [0.1, 0.15) is 5.01 Å². The van der Waals surface area contributed by atoms with Crippen LogP contribution in [0.2, 0.25) is 0 Å². The van der Waals surface area contributed by atoms with Crippen LogP contribution in [0.3, 0.4) is 0 Å². The van der Waals surface area contributed by atoms with Crippen LogP contribution in [0, 0.1) is 11.6 Å². The van der Waals surface area contributed by atoms with Crippen molar-refractivity contribution in [1.82, 2.24) is 10.3 Å². The van der Waals surface area contributed by atoms with Gasteiger partial charge >= 0.3 is 0 Å². The minimum absolute atomic E-state index is 0.608. The predicted octanol–water partition coefficient (Wildman–Crippen LogP) is 3.20. The van der Waals surface area contributed by atoms with Gasteiger partial charge in [-0.25, -0.2) is 13.8 Å². The largest absolute Gasteiger partial charge is 0.312 e. The third-order valence-electron chi connectivity index (χ3n) is 2.27. The molecule has 0 saturated heterocycles. The van der Waals surface area contributed by atoms with Crippen molar-refractivity contribution in [2.24, 2.45) is 0 Å². The maximum atomic E-state index is 13.1. The molecule has 1 aromatic heterocycles. The van der Waals surface area contributed by atoms with Gasteiger partial charge in [0.2, 0.25) is 0 Å². The molecule has 0 saturated carbocycles. The Morgan fingerprint density at radius 2 is 2.12 bits per heavy atom. The van der Waals surface area contributed by atoms with E-state index in [9.17, 15) is 8.78 Å². The Morgan fingerprint density at radius 3 is 2.82 bits per heavy atom. The Morgan fingerprint density at radius 1 is 1.29 bits per heavy atom. The van der Waals surface area contributed by atoms with Crippen LogP contribution < -0.4 is 5.32 Å². The molecule has 1 heterocycles. The Balaban J connectivity index is 2.21. The monoisotopic (exact) mass is 254 g/mol. The van der Waals surface area contributed by atoms with Crippen LogP contribution in [-0.4, -0.2) is 11.5 Å². The number of nitrogens with one attached hydrogen (secondary N) is 1. The van der Waals surface area contributed by atoms with Crippen LogP contribution in [0.25, 0.3) is 10.6 Å². The minimum atomic E-state index is -0.842. The predicted molar refractivity (Wildman–Crippen MR) is 64.8 cm³/mol. The van der Waals surface area contributed by atoms with E-state index in [1.54, 1.807) is 6.20 Å². The van der Waals surface area contributed by atoms with Gasteiger partial charge in [-0.15, -0.1) is 11.3 Å². The molecule has 0 atom stereocenters. The number of thiazole rings is 1. The van der Waals surface area contributed by atoms with Gasteiger partial charge in [-0.3, -0.25) is 0 Å². The van der Waals surface area contributed by atoms with E-state index in [0.717, 1.165) is 24.0 Å². The van der Waals surface area contributed by atoms with E-state index in [2.05, 4.69) is 10.3 Å². The summed E-state index contributed by atoms with van der Waals surface area (Å²) in [6, 6.07) is 3.83. The van der Waals surface area contributed by atoms with Crippen molar-refractivity contribution in [3.8, 4) is 10.6 Å². The topological polar surface area (TPSA) is 24.9 Å². The maximum absolute atomic E-state index is 13.1. The van der Waals surface area contributed by atoms with Crippen molar-refractivity contribution in [2.75, 3.05) is 6.54 Å². The minimum Gasteiger partial charge on any atom is -0.312 e. The number of rotatable bonds is 4. The molecule has 0 amide bonds. The third kappa shape index (κ3) is 2.87. The second kappa shape index (κ2) is 5.33. The van der Waals surface area contributed by atoms with Gasteiger partial charge in [0.25, 0.3) is 0 Å². The zero-order valence-corrected chi connectivity index (χ0v) is 10.2. The summed E-state index contributed by atoms with van der Waals surface area (Å²) in [4.78, 5) is 5.28. The van der Waals surface area contributed by atoms with E-state index >= 15 is 0 Å². The normalized spacial score (nSPS) is 10.8. The zero-order valence-electron chi connectivity index (χ0n) is 9.34. The van der Waals surface area contributed by atoms with Gasteiger partial charge in [-0.1, -0.05) is 6.92 Å². The van der Waals surface area contributed by atoms with E-state index < -0.39 is 11.6 Å². The van der Waals surface area contributed by atoms with E-state index in [4.69, 9.17) is 0 Å². The standard InChI is InChI=1S/C12H12F2N2S/c1-2-15-6-9-7-16-12(17-9)8-3-4-10(13)11(14)5-8/h3-5,7,15H,2,6H2,1H3. The van der Waals surface area contributed by atoms with Crippen molar-refractivity contribution < 1.29 is 8.78 Å². The molecule has 0 fully saturated rings. The summed E-state index contributed by atoms with van der Waals surface area (Å²) in [5.41, 5.74) is 0.608. The summed E-state index contributed by atoms with van der Waals surface area (Å²) < 4.78 is 25.8. The molecule has 2 nitrogen and oxygen atoms in total. The maximum Gasteiger partial charge on any atom is 0.159 e. The molecule has 0 unspecified atom stereocenters. The van der Waals surface area contributed by atoms with Gasteiger partial charge in [0, 0.05) is 23.2 Å². The smallest absolute Gasteiger partial charge is 0.159 e. The van der Waals surface area contributed by atoms with Gasteiger partial charge in [-0.2, -0.15) is 0 Å². The Bertz CT molecular complexity index is 511. The highest BCUT2D eigenvalue weighted by Crippen LogP contribution is 2.26. The van der Waals surface area contributed by atoms with Crippen LogP contribution in [-0.2, 0) is 6.54 Å². The van der Waals surface area contributed by atoms with E-state index in [0.29, 0.717) is 10.6 Å². The fraction of sp³-hybridized carbons (Fsp3) is 0.250. The summed E-state index contributed by atoms with van der Waals surface area (Å²) in [5, 5.41) is 3.89. The van der Waals surface area contributed by atoms with Crippen molar-refractivity contribution in [3.05, 3.63) is 40.9 Å². The fourth-order valence-electron chi connectivity index (χ4n) is 1.40. The third-order valence-corrected chi connectivity index (χ3v) is 3.32. The first-order valence-corrected chi connectivity index (χ1v) is 6.13. The molecule has 0 aliphatic heterocycles. The van der Waals surface area contributed by atoms with Crippen LogP contribution in [0.5, 0.6) is 0 Å². The molecular formula is C12H12F2N2S. The quantitative estimate of drug-likeness (QED) is 0.906. The number of nitrogens with zero attached hydrogens (tertiary/aromatic N) is 1. The SMILES string of the molecule is CCNCc1cnc(-c2ccc(F)c(F)c2)s1. The molecule has 5 heteroatoms. The zero-order chi connectivity index (χ0) is 12.3. The second-order valence-electron chi connectivity index (χ2n) is 3.54. The van der Waals surface area contributed by atoms with Gasteiger partial charge in [0.15, 0.2) is 11.6 Å². The molecule has 2 rings (SSSR count). The van der Waals surface area contributed by atoms with Gasteiger partial charge < -0.3 is 5.32 Å². The summed E-state index contributed by atoms with van der Waals surface area (Å²) in [5.74, 6) is -1.68. The van der Waals surface area contributed by atoms with Crippen molar-refractivity contribution >= 4 is 11.3 Å². The number of benzene rings is 1. The molecule has 90 valence electrons. The van der Waals surface area contributed by atoms with Crippen LogP contribution in [0.1, 0.15) is 11.8 Å². The lowest BCUT2D eigenvalue weighted by atomic mass is 10.2. The summed E-state index contributed by atoms with van der Waals surface area (Å²) in [6.07, 6.45) is 1.75. The molecular weight excluding hydrogens is 242 g/mol. The lowest BCUT2D eigenvalue weighted by molar-refractivity contribution is 0.509. The van der Waals surface area contributed by atoms with Crippen LogP contribution in [0.4, 0.5) is 8.78 Å². The van der Waals surface area contributed by atoms with Crippen LogP contribution in [0.15, 0.2) is 24.4 Å². The number of halogens is 2. The van der Waals surface area contributed by atoms with Gasteiger partial charge in [0.05, 0.1) is 0 Å². The summed E-state index contributed by atoms with van der Waals surface area (Å²) >= 11 is 1.48. The highest BCUT2D eigenvalue weighted by atomic mass is 32.1. The Hall–Kier alpha value is -1.33. The lowest BCUT2D eigenvalue weighted by Gasteiger charge is -1.97. The first-order chi connectivity index (χ1) is 8.20. The molecule has 17 heavy (non-hydrogen) atoms. The number of aromatic nitrogens is 1. The van der Waals surface area contributed by atoms with Crippen molar-refractivity contribution in [2.45, 2.75) is 13.5 Å². The molecule has 0 bridgehead atoms. The first-order valence-electron chi connectivity index (χ1n) is 5.31. The summed E-state index contributed by atoms with van der Waals surface area (Å²) in [7, 11) is 0. The van der Waals surface area contributed by atoms with Gasteiger partial charge in [-0.05, 0) is 24.7 Å². The molecule has 0 aliphatic carbocycles. The van der Waals surface area contributed by atoms with E-state index in [-0.39, 0.29) is 0 Å². The van der Waals surface area contributed by atoms with Crippen molar-refractivity contribution in [1.29, 1.82) is 0 Å². The molecule has 2 aromatic rings. The molecule has 0 aliphatic rings. The van der Waals surface area contributed by atoms with Crippen LogP contribution >= 0.6 is 11.3 Å². The molecule has 1 aromatic carbocycles.